The molecule has 2 aromatic carbocycles. The Balaban J connectivity index is 1.65. The van der Waals surface area contributed by atoms with Crippen LogP contribution in [0.1, 0.15) is 54.4 Å². The van der Waals surface area contributed by atoms with E-state index in [-0.39, 0.29) is 12.1 Å². The molecule has 5 heteroatoms. The number of nitrogens with one attached hydrogen (secondary N) is 1. The van der Waals surface area contributed by atoms with Crippen molar-refractivity contribution in [2.75, 3.05) is 4.90 Å². The van der Waals surface area contributed by atoms with Gasteiger partial charge in [0.25, 0.3) is 0 Å². The maximum atomic E-state index is 5.90. The number of para-hydroxylation sites is 1. The molecule has 2 unspecified atom stereocenters. The van der Waals surface area contributed by atoms with E-state index in [1.165, 1.54) is 22.5 Å². The maximum Gasteiger partial charge on any atom is 0.174 e. The molecule has 0 bridgehead atoms. The zero-order valence-electron chi connectivity index (χ0n) is 19.1. The normalized spacial score (nSPS) is 18.1. The van der Waals surface area contributed by atoms with Gasteiger partial charge in [-0.2, -0.15) is 0 Å². The van der Waals surface area contributed by atoms with Crippen molar-refractivity contribution in [3.05, 3.63) is 114 Å². The largest absolute Gasteiger partial charge is 0.351 e. The van der Waals surface area contributed by atoms with Crippen LogP contribution in [0.5, 0.6) is 0 Å². The summed E-state index contributed by atoms with van der Waals surface area (Å²) in [6, 6.07) is 27.5. The Kier molecular flexibility index (Phi) is 5.73. The molecule has 2 atom stereocenters. The first-order valence-electron chi connectivity index (χ1n) is 11.4. The van der Waals surface area contributed by atoms with Crippen LogP contribution < -0.4 is 10.2 Å². The van der Waals surface area contributed by atoms with Crippen molar-refractivity contribution in [2.24, 2.45) is 0 Å². The van der Waals surface area contributed by atoms with Gasteiger partial charge in [0.2, 0.25) is 0 Å². The summed E-state index contributed by atoms with van der Waals surface area (Å²) in [6.07, 6.45) is 3.98. The van der Waals surface area contributed by atoms with Gasteiger partial charge in [-0.3, -0.25) is 4.98 Å². The number of nitrogens with zero attached hydrogens (tertiary/aromatic N) is 3. The SMILES string of the molecule is Cc1ccccc1-n1cccc1C1C(c2ccccn2)NC(=S)N1c1ccc(C(C)C)cc1. The van der Waals surface area contributed by atoms with Gasteiger partial charge in [0.05, 0.1) is 11.7 Å². The van der Waals surface area contributed by atoms with Crippen LogP contribution in [0.3, 0.4) is 0 Å². The second-order valence-corrected chi connectivity index (χ2v) is 9.22. The predicted molar refractivity (Wildman–Crippen MR) is 139 cm³/mol. The highest BCUT2D eigenvalue weighted by atomic mass is 32.1. The monoisotopic (exact) mass is 452 g/mol. The van der Waals surface area contributed by atoms with E-state index in [0.29, 0.717) is 11.0 Å². The second-order valence-electron chi connectivity index (χ2n) is 8.83. The fourth-order valence-corrected chi connectivity index (χ4v) is 4.99. The average Bonchev–Trinajstić information content (AvgIpc) is 3.44. The van der Waals surface area contributed by atoms with Crippen LogP contribution in [0.25, 0.3) is 5.69 Å². The zero-order valence-corrected chi connectivity index (χ0v) is 20.0. The number of pyridine rings is 1. The molecule has 0 aliphatic carbocycles. The summed E-state index contributed by atoms with van der Waals surface area (Å²) < 4.78 is 2.28. The van der Waals surface area contributed by atoms with Crippen molar-refractivity contribution in [3.63, 3.8) is 0 Å². The van der Waals surface area contributed by atoms with Crippen molar-refractivity contribution >= 4 is 23.0 Å². The molecule has 4 nitrogen and oxygen atoms in total. The van der Waals surface area contributed by atoms with Crippen molar-refractivity contribution in [1.82, 2.24) is 14.9 Å². The molecule has 5 rings (SSSR count). The summed E-state index contributed by atoms with van der Waals surface area (Å²) >= 11 is 5.90. The standard InChI is InChI=1S/C28H28N4S/c1-19(2)21-13-15-22(16-14-21)32-27(26(30-28(32)33)23-10-6-7-17-29-23)25-12-8-18-31(25)24-11-5-4-9-20(24)3/h4-19,26-27H,1-3H3,(H,30,33). The van der Waals surface area contributed by atoms with E-state index < -0.39 is 0 Å². The fourth-order valence-electron chi connectivity index (χ4n) is 4.64. The third-order valence-electron chi connectivity index (χ3n) is 6.39. The molecule has 3 heterocycles. The number of hydrogen-bond donors (Lipinski definition) is 1. The quantitative estimate of drug-likeness (QED) is 0.351. The van der Waals surface area contributed by atoms with Gasteiger partial charge in [0.1, 0.15) is 6.04 Å². The Bertz CT molecular complexity index is 1260. The number of thiocarbonyl (C=S) groups is 1. The molecule has 1 aliphatic rings. The summed E-state index contributed by atoms with van der Waals surface area (Å²) in [6.45, 7) is 6.58. The van der Waals surface area contributed by atoms with Crippen molar-refractivity contribution in [2.45, 2.75) is 38.8 Å². The molecule has 166 valence electrons. The highest BCUT2D eigenvalue weighted by Crippen LogP contribution is 2.42. The Morgan fingerprint density at radius 2 is 1.67 bits per heavy atom. The molecule has 33 heavy (non-hydrogen) atoms. The molecule has 1 aliphatic heterocycles. The van der Waals surface area contributed by atoms with Crippen LogP contribution in [0.2, 0.25) is 0 Å². The zero-order chi connectivity index (χ0) is 22.9. The van der Waals surface area contributed by atoms with Gasteiger partial charge >= 0.3 is 0 Å². The summed E-state index contributed by atoms with van der Waals surface area (Å²) in [4.78, 5) is 6.92. The number of hydrogen-bond acceptors (Lipinski definition) is 2. The van der Waals surface area contributed by atoms with Crippen LogP contribution >= 0.6 is 12.2 Å². The lowest BCUT2D eigenvalue weighted by Gasteiger charge is -2.29. The lowest BCUT2D eigenvalue weighted by molar-refractivity contribution is 0.549. The van der Waals surface area contributed by atoms with E-state index >= 15 is 0 Å². The topological polar surface area (TPSA) is 33.1 Å². The molecule has 0 radical (unpaired) electrons. The van der Waals surface area contributed by atoms with E-state index in [4.69, 9.17) is 12.2 Å². The molecular weight excluding hydrogens is 424 g/mol. The first-order valence-corrected chi connectivity index (χ1v) is 11.8. The van der Waals surface area contributed by atoms with E-state index in [1.807, 2.05) is 18.3 Å². The third kappa shape index (κ3) is 3.93. The molecular formula is C28H28N4S. The minimum absolute atomic E-state index is 0.0492. The number of aromatic nitrogens is 2. The second kappa shape index (κ2) is 8.83. The van der Waals surface area contributed by atoms with Gasteiger partial charge < -0.3 is 14.8 Å². The molecule has 1 saturated heterocycles. The molecule has 0 spiro atoms. The van der Waals surface area contributed by atoms with Crippen LogP contribution in [0.4, 0.5) is 5.69 Å². The molecule has 0 saturated carbocycles. The van der Waals surface area contributed by atoms with Gasteiger partial charge in [-0.05, 0) is 78.7 Å². The van der Waals surface area contributed by atoms with Crippen molar-refractivity contribution in [3.8, 4) is 5.69 Å². The smallest absolute Gasteiger partial charge is 0.174 e. The lowest BCUT2D eigenvalue weighted by Crippen LogP contribution is -2.30. The molecule has 1 N–H and O–H groups in total. The Morgan fingerprint density at radius 3 is 2.36 bits per heavy atom. The number of anilines is 1. The summed E-state index contributed by atoms with van der Waals surface area (Å²) in [5, 5.41) is 4.28. The number of aryl methyl sites for hydroxylation is 1. The van der Waals surface area contributed by atoms with Crippen LogP contribution in [-0.4, -0.2) is 14.7 Å². The van der Waals surface area contributed by atoms with Gasteiger partial charge in [0.15, 0.2) is 5.11 Å². The maximum absolute atomic E-state index is 5.90. The first-order chi connectivity index (χ1) is 16.0. The first kappa shape index (κ1) is 21.4. The lowest BCUT2D eigenvalue weighted by atomic mass is 9.99. The van der Waals surface area contributed by atoms with Crippen LogP contribution in [0.15, 0.2) is 91.3 Å². The Labute approximate surface area is 200 Å². The van der Waals surface area contributed by atoms with Gasteiger partial charge in [-0.25, -0.2) is 0 Å². The average molecular weight is 453 g/mol. The summed E-state index contributed by atoms with van der Waals surface area (Å²) in [5.74, 6) is 0.484. The van der Waals surface area contributed by atoms with E-state index in [0.717, 1.165) is 11.4 Å². The van der Waals surface area contributed by atoms with Gasteiger partial charge in [-0.1, -0.05) is 50.2 Å². The highest BCUT2D eigenvalue weighted by molar-refractivity contribution is 7.80. The van der Waals surface area contributed by atoms with Crippen molar-refractivity contribution < 1.29 is 0 Å². The third-order valence-corrected chi connectivity index (χ3v) is 6.71. The molecule has 2 aromatic heterocycles. The van der Waals surface area contributed by atoms with Gasteiger partial charge in [-0.15, -0.1) is 0 Å². The summed E-state index contributed by atoms with van der Waals surface area (Å²) in [5.41, 5.74) is 6.94. The van der Waals surface area contributed by atoms with Crippen LogP contribution in [-0.2, 0) is 0 Å². The fraction of sp³-hybridized carbons (Fsp3) is 0.214. The van der Waals surface area contributed by atoms with E-state index in [9.17, 15) is 0 Å². The minimum atomic E-state index is -0.0684. The Hall–Kier alpha value is -3.44. The number of rotatable bonds is 5. The molecule has 1 fully saturated rings. The molecule has 4 aromatic rings. The van der Waals surface area contributed by atoms with E-state index in [1.54, 1.807) is 0 Å². The van der Waals surface area contributed by atoms with Crippen LogP contribution in [0, 0.1) is 6.92 Å². The van der Waals surface area contributed by atoms with E-state index in [2.05, 4.69) is 113 Å². The highest BCUT2D eigenvalue weighted by Gasteiger charge is 2.42. The predicted octanol–water partition coefficient (Wildman–Crippen LogP) is 6.48. The summed E-state index contributed by atoms with van der Waals surface area (Å²) in [7, 11) is 0. The molecule has 0 amide bonds. The van der Waals surface area contributed by atoms with Gasteiger partial charge in [0, 0.05) is 29.5 Å². The minimum Gasteiger partial charge on any atom is -0.351 e. The Morgan fingerprint density at radius 1 is 0.909 bits per heavy atom. The van der Waals surface area contributed by atoms with Crippen molar-refractivity contribution in [1.29, 1.82) is 0 Å². The number of benzene rings is 2.